The molecule has 7 nitrogen and oxygen atoms in total. The van der Waals surface area contributed by atoms with Crippen LogP contribution in [0.15, 0.2) is 6.20 Å². The minimum Gasteiger partial charge on any atom is -0.355 e. The molecule has 1 aliphatic rings. The van der Waals surface area contributed by atoms with Crippen LogP contribution in [0, 0.1) is 6.92 Å². The molecule has 0 saturated carbocycles. The van der Waals surface area contributed by atoms with Gasteiger partial charge in [-0.1, -0.05) is 0 Å². The first-order valence-corrected chi connectivity index (χ1v) is 7.48. The Morgan fingerprint density at radius 1 is 1.56 bits per heavy atom. The Hall–Kier alpha value is -1.41. The van der Waals surface area contributed by atoms with Crippen molar-refractivity contribution < 1.29 is 8.42 Å². The molecular weight excluding hydrogens is 254 g/mol. The van der Waals surface area contributed by atoms with Gasteiger partial charge in [0.2, 0.25) is 5.95 Å². The normalized spacial score (nSPS) is 21.8. The van der Waals surface area contributed by atoms with E-state index in [2.05, 4.69) is 15.4 Å². The van der Waals surface area contributed by atoms with E-state index in [-0.39, 0.29) is 17.5 Å². The largest absolute Gasteiger partial charge is 0.355 e. The lowest BCUT2D eigenvalue weighted by Gasteiger charge is -2.26. The van der Waals surface area contributed by atoms with E-state index in [0.29, 0.717) is 18.2 Å². The van der Waals surface area contributed by atoms with Crippen molar-refractivity contribution in [2.45, 2.75) is 19.4 Å². The summed E-state index contributed by atoms with van der Waals surface area (Å²) in [6.07, 6.45) is 2.30. The molecule has 2 rings (SSSR count). The van der Waals surface area contributed by atoms with Gasteiger partial charge in [0.05, 0.1) is 11.5 Å². The van der Waals surface area contributed by atoms with Gasteiger partial charge in [-0.25, -0.2) is 19.2 Å². The first-order valence-electron chi connectivity index (χ1n) is 5.66. The molecule has 18 heavy (non-hydrogen) atoms. The van der Waals surface area contributed by atoms with E-state index in [0.717, 1.165) is 5.56 Å². The molecule has 8 heteroatoms. The second kappa shape index (κ2) is 4.69. The molecule has 0 bridgehead atoms. The Balaban J connectivity index is 2.26. The third kappa shape index (κ3) is 2.54. The summed E-state index contributed by atoms with van der Waals surface area (Å²) in [7, 11) is -1.05. The summed E-state index contributed by atoms with van der Waals surface area (Å²) in [4.78, 5) is 10.2. The summed E-state index contributed by atoms with van der Waals surface area (Å²) in [5, 5.41) is 0. The van der Waals surface area contributed by atoms with Gasteiger partial charge in [0.25, 0.3) is 0 Å². The smallest absolute Gasteiger partial charge is 0.239 e. The maximum absolute atomic E-state index is 11.5. The van der Waals surface area contributed by atoms with Crippen LogP contribution in [0.2, 0.25) is 0 Å². The number of nitrogens with two attached hydrogens (primary N) is 1. The van der Waals surface area contributed by atoms with Gasteiger partial charge in [0.15, 0.2) is 9.84 Å². The van der Waals surface area contributed by atoms with E-state index in [1.807, 2.05) is 18.9 Å². The predicted octanol–water partition coefficient (Wildman–Crippen LogP) is -0.306. The number of sulfone groups is 1. The van der Waals surface area contributed by atoms with E-state index in [4.69, 9.17) is 5.84 Å². The number of anilines is 2. The van der Waals surface area contributed by atoms with Crippen molar-refractivity contribution >= 4 is 21.6 Å². The van der Waals surface area contributed by atoms with Crippen molar-refractivity contribution in [1.29, 1.82) is 0 Å². The summed E-state index contributed by atoms with van der Waals surface area (Å²) in [6.45, 7) is 1.88. The molecule has 0 amide bonds. The van der Waals surface area contributed by atoms with E-state index in [1.165, 1.54) is 0 Å². The number of nitrogen functional groups attached to an aromatic ring is 1. The highest BCUT2D eigenvalue weighted by Gasteiger charge is 2.31. The minimum absolute atomic E-state index is 0.0331. The van der Waals surface area contributed by atoms with Crippen molar-refractivity contribution in [3.8, 4) is 0 Å². The maximum Gasteiger partial charge on any atom is 0.239 e. The van der Waals surface area contributed by atoms with Crippen molar-refractivity contribution in [2.24, 2.45) is 5.84 Å². The van der Waals surface area contributed by atoms with Crippen molar-refractivity contribution in [3.05, 3.63) is 11.8 Å². The standard InChI is InChI=1S/C10H17N5O2S/c1-7-5-12-10(14-11)13-9(7)15(2)8-3-4-18(16,17)6-8/h5,8H,3-4,6,11H2,1-2H3,(H,12,13,14). The molecule has 1 aromatic rings. The van der Waals surface area contributed by atoms with Gasteiger partial charge in [-0.15, -0.1) is 0 Å². The zero-order chi connectivity index (χ0) is 13.3. The van der Waals surface area contributed by atoms with E-state index in [9.17, 15) is 8.42 Å². The van der Waals surface area contributed by atoms with Gasteiger partial charge < -0.3 is 4.90 Å². The number of nitrogens with one attached hydrogen (secondary N) is 1. The second-order valence-electron chi connectivity index (χ2n) is 4.51. The Kier molecular flexibility index (Phi) is 3.40. The number of hydrogen-bond acceptors (Lipinski definition) is 7. The number of hydrazine groups is 1. The summed E-state index contributed by atoms with van der Waals surface area (Å²) >= 11 is 0. The Morgan fingerprint density at radius 2 is 2.28 bits per heavy atom. The Labute approximate surface area is 106 Å². The highest BCUT2D eigenvalue weighted by molar-refractivity contribution is 7.91. The minimum atomic E-state index is -2.90. The number of hydrogen-bond donors (Lipinski definition) is 2. The third-order valence-electron chi connectivity index (χ3n) is 3.16. The molecule has 0 radical (unpaired) electrons. The van der Waals surface area contributed by atoms with Gasteiger partial charge in [-0.05, 0) is 13.3 Å². The van der Waals surface area contributed by atoms with Crippen LogP contribution in [0.25, 0.3) is 0 Å². The fourth-order valence-electron chi connectivity index (χ4n) is 2.11. The van der Waals surface area contributed by atoms with Gasteiger partial charge in [-0.3, -0.25) is 5.43 Å². The molecule has 0 aromatic carbocycles. The molecule has 1 aliphatic heterocycles. The highest BCUT2D eigenvalue weighted by atomic mass is 32.2. The average Bonchev–Trinajstić information content (AvgIpc) is 2.69. The summed E-state index contributed by atoms with van der Waals surface area (Å²) in [5.41, 5.74) is 3.28. The first-order chi connectivity index (χ1) is 8.43. The van der Waals surface area contributed by atoms with Crippen LogP contribution in [0.5, 0.6) is 0 Å². The van der Waals surface area contributed by atoms with Crippen molar-refractivity contribution in [2.75, 3.05) is 28.9 Å². The molecule has 3 N–H and O–H groups in total. The molecule has 2 heterocycles. The summed E-state index contributed by atoms with van der Waals surface area (Å²) < 4.78 is 23.0. The van der Waals surface area contributed by atoms with Crippen LogP contribution < -0.4 is 16.2 Å². The zero-order valence-corrected chi connectivity index (χ0v) is 11.2. The monoisotopic (exact) mass is 271 g/mol. The molecule has 1 aromatic heterocycles. The van der Waals surface area contributed by atoms with Crippen LogP contribution in [-0.2, 0) is 9.84 Å². The lowest BCUT2D eigenvalue weighted by molar-refractivity contribution is 0.600. The predicted molar refractivity (Wildman–Crippen MR) is 70.0 cm³/mol. The number of aromatic nitrogens is 2. The quantitative estimate of drug-likeness (QED) is 0.574. The molecule has 0 spiro atoms. The van der Waals surface area contributed by atoms with E-state index in [1.54, 1.807) is 6.20 Å². The summed E-state index contributed by atoms with van der Waals surface area (Å²) in [5.74, 6) is 6.73. The summed E-state index contributed by atoms with van der Waals surface area (Å²) in [6, 6.07) is -0.0331. The molecule has 1 unspecified atom stereocenters. The number of aryl methyl sites for hydroxylation is 1. The van der Waals surface area contributed by atoms with Crippen LogP contribution in [0.4, 0.5) is 11.8 Å². The van der Waals surface area contributed by atoms with Gasteiger partial charge in [0, 0.05) is 24.8 Å². The van der Waals surface area contributed by atoms with E-state index < -0.39 is 9.84 Å². The van der Waals surface area contributed by atoms with Crippen molar-refractivity contribution in [3.63, 3.8) is 0 Å². The third-order valence-corrected chi connectivity index (χ3v) is 4.91. The molecule has 1 atom stereocenters. The van der Waals surface area contributed by atoms with Gasteiger partial charge in [0.1, 0.15) is 5.82 Å². The lowest BCUT2D eigenvalue weighted by atomic mass is 10.2. The highest BCUT2D eigenvalue weighted by Crippen LogP contribution is 2.24. The van der Waals surface area contributed by atoms with Gasteiger partial charge in [-0.2, -0.15) is 4.98 Å². The lowest BCUT2D eigenvalue weighted by Crippen LogP contribution is -2.34. The molecule has 0 aliphatic carbocycles. The second-order valence-corrected chi connectivity index (χ2v) is 6.74. The molecule has 1 saturated heterocycles. The van der Waals surface area contributed by atoms with E-state index >= 15 is 0 Å². The van der Waals surface area contributed by atoms with Crippen LogP contribution in [-0.4, -0.2) is 43.0 Å². The Bertz CT molecular complexity index is 545. The maximum atomic E-state index is 11.5. The zero-order valence-electron chi connectivity index (χ0n) is 10.4. The van der Waals surface area contributed by atoms with Crippen LogP contribution in [0.3, 0.4) is 0 Å². The number of nitrogens with zero attached hydrogens (tertiary/aromatic N) is 3. The SMILES string of the molecule is Cc1cnc(NN)nc1N(C)C1CCS(=O)(=O)C1. The molecule has 100 valence electrons. The van der Waals surface area contributed by atoms with Gasteiger partial charge >= 0.3 is 0 Å². The van der Waals surface area contributed by atoms with Crippen LogP contribution >= 0.6 is 0 Å². The number of rotatable bonds is 3. The molecule has 1 fully saturated rings. The molecular formula is C10H17N5O2S. The Morgan fingerprint density at radius 3 is 2.83 bits per heavy atom. The fourth-order valence-corrected chi connectivity index (χ4v) is 3.89. The van der Waals surface area contributed by atoms with Crippen molar-refractivity contribution in [1.82, 2.24) is 9.97 Å². The topological polar surface area (TPSA) is 101 Å². The average molecular weight is 271 g/mol. The van der Waals surface area contributed by atoms with Crippen LogP contribution in [0.1, 0.15) is 12.0 Å². The first kappa shape index (κ1) is 13.0. The fraction of sp³-hybridized carbons (Fsp3) is 0.600.